The molecule has 0 heterocycles. The van der Waals surface area contributed by atoms with Gasteiger partial charge in [0.25, 0.3) is 0 Å². The Morgan fingerprint density at radius 3 is 2.55 bits per heavy atom. The van der Waals surface area contributed by atoms with E-state index in [0.29, 0.717) is 19.1 Å². The maximum atomic E-state index is 12.4. The van der Waals surface area contributed by atoms with Gasteiger partial charge < -0.3 is 20.3 Å². The van der Waals surface area contributed by atoms with Crippen molar-refractivity contribution in [2.24, 2.45) is 0 Å². The Balaban J connectivity index is 2.50. The van der Waals surface area contributed by atoms with Gasteiger partial charge in [0.1, 0.15) is 6.17 Å². The summed E-state index contributed by atoms with van der Waals surface area (Å²) in [7, 11) is 1.83. The lowest BCUT2D eigenvalue weighted by molar-refractivity contribution is 0.142. The Labute approximate surface area is 137 Å². The monoisotopic (exact) mass is 331 g/mol. The molecular weight excluding hydrogens is 302 g/mol. The van der Waals surface area contributed by atoms with Crippen LogP contribution < -0.4 is 10.6 Å². The number of carbonyl (C=O) groups is 2. The van der Waals surface area contributed by atoms with E-state index >= 15 is 0 Å². The number of hydrogen-bond acceptors (Lipinski definition) is 4. The number of ether oxygens (including phenoxy) is 1. The molecule has 1 rings (SSSR count). The molecular formula is C15H29N3O3S. The average Bonchev–Trinajstić information content (AvgIpc) is 2.52. The molecule has 1 aliphatic carbocycles. The van der Waals surface area contributed by atoms with Crippen LogP contribution in [0.15, 0.2) is 0 Å². The van der Waals surface area contributed by atoms with Crippen LogP contribution >= 0.6 is 11.8 Å². The first-order valence-electron chi connectivity index (χ1n) is 8.04. The van der Waals surface area contributed by atoms with E-state index in [0.717, 1.165) is 18.6 Å². The van der Waals surface area contributed by atoms with Crippen LogP contribution in [0, 0.1) is 0 Å². The van der Waals surface area contributed by atoms with Crippen LogP contribution in [-0.4, -0.2) is 54.9 Å². The molecule has 1 saturated carbocycles. The zero-order valence-corrected chi connectivity index (χ0v) is 14.7. The van der Waals surface area contributed by atoms with Crippen LogP contribution in [0.3, 0.4) is 0 Å². The second-order valence-corrected chi connectivity index (χ2v) is 6.54. The molecule has 7 heteroatoms. The highest BCUT2D eigenvalue weighted by atomic mass is 32.2. The Morgan fingerprint density at radius 2 is 1.95 bits per heavy atom. The van der Waals surface area contributed by atoms with Crippen molar-refractivity contribution in [2.45, 2.75) is 57.7 Å². The highest BCUT2D eigenvalue weighted by Crippen LogP contribution is 2.21. The smallest absolute Gasteiger partial charge is 0.408 e. The fourth-order valence-electron chi connectivity index (χ4n) is 2.62. The third-order valence-electron chi connectivity index (χ3n) is 3.92. The Kier molecular flexibility index (Phi) is 9.11. The van der Waals surface area contributed by atoms with Gasteiger partial charge in [-0.2, -0.15) is 11.8 Å². The van der Waals surface area contributed by atoms with Crippen LogP contribution in [0.1, 0.15) is 45.4 Å². The fourth-order valence-corrected chi connectivity index (χ4v) is 3.09. The van der Waals surface area contributed by atoms with Gasteiger partial charge in [0.05, 0.1) is 6.61 Å². The van der Waals surface area contributed by atoms with E-state index < -0.39 is 12.3 Å². The lowest BCUT2D eigenvalue weighted by atomic mass is 9.95. The summed E-state index contributed by atoms with van der Waals surface area (Å²) in [6.45, 7) is 2.07. The van der Waals surface area contributed by atoms with E-state index in [2.05, 4.69) is 10.6 Å². The van der Waals surface area contributed by atoms with Crippen molar-refractivity contribution in [1.82, 2.24) is 15.5 Å². The van der Waals surface area contributed by atoms with E-state index in [4.69, 9.17) is 4.74 Å². The molecule has 0 bridgehead atoms. The standard InChI is InChI=1S/C15H29N3O3S/c1-4-21-15(20)17-13(10-11-22-3)16-14(19)18(2)12-8-6-5-7-9-12/h12-13H,4-11H2,1-3H3,(H,16,19)(H,17,20)/t13-/m0/s1. The molecule has 0 aromatic carbocycles. The van der Waals surface area contributed by atoms with E-state index in [1.165, 1.54) is 19.3 Å². The third kappa shape index (κ3) is 6.77. The zero-order chi connectivity index (χ0) is 16.4. The molecule has 0 aromatic heterocycles. The molecule has 128 valence electrons. The van der Waals surface area contributed by atoms with E-state index in [-0.39, 0.29) is 6.03 Å². The average molecular weight is 331 g/mol. The van der Waals surface area contributed by atoms with Crippen molar-refractivity contribution < 1.29 is 14.3 Å². The van der Waals surface area contributed by atoms with Gasteiger partial charge in [-0.3, -0.25) is 0 Å². The summed E-state index contributed by atoms with van der Waals surface area (Å²) in [5, 5.41) is 5.61. The number of rotatable bonds is 7. The molecule has 2 N–H and O–H groups in total. The van der Waals surface area contributed by atoms with Crippen LogP contribution in [-0.2, 0) is 4.74 Å². The first kappa shape index (κ1) is 18.9. The molecule has 0 unspecified atom stereocenters. The molecule has 0 aliphatic heterocycles. The number of thioether (sulfide) groups is 1. The van der Waals surface area contributed by atoms with Gasteiger partial charge in [0, 0.05) is 13.1 Å². The Hall–Kier alpha value is -1.11. The number of nitrogens with zero attached hydrogens (tertiary/aromatic N) is 1. The number of alkyl carbamates (subject to hydrolysis) is 1. The summed E-state index contributed by atoms with van der Waals surface area (Å²) < 4.78 is 4.89. The minimum absolute atomic E-state index is 0.130. The molecule has 0 saturated heterocycles. The van der Waals surface area contributed by atoms with Crippen molar-refractivity contribution in [2.75, 3.05) is 25.7 Å². The van der Waals surface area contributed by atoms with Gasteiger partial charge in [-0.15, -0.1) is 0 Å². The van der Waals surface area contributed by atoms with Crippen LogP contribution in [0.2, 0.25) is 0 Å². The number of hydrogen-bond donors (Lipinski definition) is 2. The Morgan fingerprint density at radius 1 is 1.27 bits per heavy atom. The summed E-state index contributed by atoms with van der Waals surface area (Å²) >= 11 is 1.68. The molecule has 0 spiro atoms. The van der Waals surface area contributed by atoms with Gasteiger partial charge in [0.15, 0.2) is 0 Å². The molecule has 0 radical (unpaired) electrons. The topological polar surface area (TPSA) is 70.7 Å². The largest absolute Gasteiger partial charge is 0.450 e. The zero-order valence-electron chi connectivity index (χ0n) is 13.9. The minimum Gasteiger partial charge on any atom is -0.450 e. The van der Waals surface area contributed by atoms with E-state index in [1.807, 2.05) is 13.3 Å². The number of urea groups is 1. The predicted molar refractivity (Wildman–Crippen MR) is 90.1 cm³/mol. The van der Waals surface area contributed by atoms with Gasteiger partial charge in [0.2, 0.25) is 0 Å². The van der Waals surface area contributed by atoms with Crippen LogP contribution in [0.5, 0.6) is 0 Å². The van der Waals surface area contributed by atoms with Crippen LogP contribution in [0.25, 0.3) is 0 Å². The van der Waals surface area contributed by atoms with Crippen molar-refractivity contribution in [3.05, 3.63) is 0 Å². The normalized spacial score (nSPS) is 16.7. The summed E-state index contributed by atoms with van der Waals surface area (Å²) in [6, 6.07) is 0.173. The van der Waals surface area contributed by atoms with Crippen molar-refractivity contribution >= 4 is 23.9 Å². The second-order valence-electron chi connectivity index (χ2n) is 5.55. The van der Waals surface area contributed by atoms with Crippen molar-refractivity contribution in [3.63, 3.8) is 0 Å². The number of amides is 3. The SMILES string of the molecule is CCOC(=O)N[C@@H](CCSC)NC(=O)N(C)C1CCCCC1. The summed E-state index contributed by atoms with van der Waals surface area (Å²) in [5.41, 5.74) is 0. The number of nitrogens with one attached hydrogen (secondary N) is 2. The van der Waals surface area contributed by atoms with Crippen molar-refractivity contribution in [3.8, 4) is 0 Å². The maximum absolute atomic E-state index is 12.4. The first-order valence-corrected chi connectivity index (χ1v) is 9.43. The highest BCUT2D eigenvalue weighted by Gasteiger charge is 2.24. The quantitative estimate of drug-likeness (QED) is 0.704. The minimum atomic E-state index is -0.491. The fraction of sp³-hybridized carbons (Fsp3) is 0.867. The van der Waals surface area contributed by atoms with Crippen molar-refractivity contribution in [1.29, 1.82) is 0 Å². The Bertz CT molecular complexity index is 349. The molecule has 0 aromatic rings. The van der Waals surface area contributed by atoms with E-state index in [1.54, 1.807) is 23.6 Å². The summed E-state index contributed by atoms with van der Waals surface area (Å²) in [6.07, 6.45) is 7.52. The molecule has 1 aliphatic rings. The lowest BCUT2D eigenvalue weighted by Crippen LogP contribution is -2.53. The number of carbonyl (C=O) groups excluding carboxylic acids is 2. The van der Waals surface area contributed by atoms with Gasteiger partial charge in [-0.25, -0.2) is 9.59 Å². The highest BCUT2D eigenvalue weighted by molar-refractivity contribution is 7.98. The first-order chi connectivity index (χ1) is 10.6. The maximum Gasteiger partial charge on any atom is 0.408 e. The molecule has 1 fully saturated rings. The predicted octanol–water partition coefficient (Wildman–Crippen LogP) is 2.79. The van der Waals surface area contributed by atoms with Gasteiger partial charge >= 0.3 is 12.1 Å². The van der Waals surface area contributed by atoms with Crippen LogP contribution in [0.4, 0.5) is 9.59 Å². The second kappa shape index (κ2) is 10.6. The van der Waals surface area contributed by atoms with E-state index in [9.17, 15) is 9.59 Å². The van der Waals surface area contributed by atoms with Gasteiger partial charge in [-0.05, 0) is 38.2 Å². The molecule has 1 atom stereocenters. The molecule has 3 amide bonds. The molecule has 6 nitrogen and oxygen atoms in total. The summed E-state index contributed by atoms with van der Waals surface area (Å²) in [5.74, 6) is 0.852. The lowest BCUT2D eigenvalue weighted by Gasteiger charge is -2.32. The summed E-state index contributed by atoms with van der Waals surface area (Å²) in [4.78, 5) is 25.7. The third-order valence-corrected chi connectivity index (χ3v) is 4.56. The molecule has 22 heavy (non-hydrogen) atoms. The van der Waals surface area contributed by atoms with Gasteiger partial charge in [-0.1, -0.05) is 19.3 Å².